The summed E-state index contributed by atoms with van der Waals surface area (Å²) in [5.41, 5.74) is 0.958. The van der Waals surface area contributed by atoms with Gasteiger partial charge in [0, 0.05) is 6.20 Å². The van der Waals surface area contributed by atoms with Gasteiger partial charge in [-0.3, -0.25) is 4.79 Å². The molecule has 1 aromatic carbocycles. The first-order valence-electron chi connectivity index (χ1n) is 5.33. The Morgan fingerprint density at radius 3 is 3.06 bits per heavy atom. The lowest BCUT2D eigenvalue weighted by molar-refractivity contribution is 0.0947. The number of aromatic amines is 1. The van der Waals surface area contributed by atoms with Crippen LogP contribution in [0.1, 0.15) is 16.1 Å². The maximum atomic E-state index is 11.9. The molecule has 6 nitrogen and oxygen atoms in total. The third-order valence-corrected chi connectivity index (χ3v) is 2.44. The topological polar surface area (TPSA) is 87.2 Å². The van der Waals surface area contributed by atoms with E-state index < -0.39 is 0 Å². The first-order valence-corrected chi connectivity index (χ1v) is 5.33. The van der Waals surface area contributed by atoms with Crippen LogP contribution in [0.15, 0.2) is 30.7 Å². The Morgan fingerprint density at radius 2 is 2.39 bits per heavy atom. The molecule has 2 rings (SSSR count). The lowest BCUT2D eigenvalue weighted by atomic mass is 10.1. The first kappa shape index (κ1) is 12.0. The van der Waals surface area contributed by atoms with Gasteiger partial charge in [-0.2, -0.15) is 0 Å². The van der Waals surface area contributed by atoms with Gasteiger partial charge in [-0.1, -0.05) is 0 Å². The van der Waals surface area contributed by atoms with Crippen LogP contribution in [0, 0.1) is 0 Å². The smallest absolute Gasteiger partial charge is 0.255 e. The van der Waals surface area contributed by atoms with Crippen LogP contribution < -0.4 is 10.1 Å². The van der Waals surface area contributed by atoms with Crippen molar-refractivity contribution in [2.75, 3.05) is 7.11 Å². The highest BCUT2D eigenvalue weighted by Crippen LogP contribution is 2.22. The van der Waals surface area contributed by atoms with Gasteiger partial charge in [0.2, 0.25) is 0 Å². The van der Waals surface area contributed by atoms with Crippen molar-refractivity contribution in [3.05, 3.63) is 42.0 Å². The number of hydrogen-bond donors (Lipinski definition) is 3. The van der Waals surface area contributed by atoms with Gasteiger partial charge >= 0.3 is 0 Å². The molecule has 0 aliphatic carbocycles. The molecule has 0 fully saturated rings. The molecule has 0 saturated carbocycles. The quantitative estimate of drug-likeness (QED) is 0.753. The van der Waals surface area contributed by atoms with Crippen LogP contribution in [-0.4, -0.2) is 28.1 Å². The fraction of sp³-hybridized carbons (Fsp3) is 0.167. The molecule has 18 heavy (non-hydrogen) atoms. The summed E-state index contributed by atoms with van der Waals surface area (Å²) in [5, 5.41) is 12.3. The molecule has 1 heterocycles. The normalized spacial score (nSPS) is 10.1. The number of imidazole rings is 1. The minimum absolute atomic E-state index is 0.0853. The number of amides is 1. The average molecular weight is 247 g/mol. The van der Waals surface area contributed by atoms with E-state index >= 15 is 0 Å². The van der Waals surface area contributed by atoms with E-state index in [0.717, 1.165) is 5.69 Å². The molecule has 0 atom stereocenters. The third-order valence-electron chi connectivity index (χ3n) is 2.44. The largest absolute Gasteiger partial charge is 0.507 e. The van der Waals surface area contributed by atoms with Crippen LogP contribution in [0.2, 0.25) is 0 Å². The van der Waals surface area contributed by atoms with E-state index in [-0.39, 0.29) is 17.2 Å². The number of phenols is 1. The number of methoxy groups -OCH3 is 1. The summed E-state index contributed by atoms with van der Waals surface area (Å²) in [6, 6.07) is 4.49. The number of aromatic hydroxyl groups is 1. The van der Waals surface area contributed by atoms with E-state index in [9.17, 15) is 9.90 Å². The zero-order chi connectivity index (χ0) is 13.0. The van der Waals surface area contributed by atoms with Gasteiger partial charge in [-0.15, -0.1) is 0 Å². The number of phenolic OH excluding ortho intramolecular Hbond substituents is 1. The Bertz CT molecular complexity index is 538. The summed E-state index contributed by atoms with van der Waals surface area (Å²) in [6.45, 7) is 0.315. The van der Waals surface area contributed by atoms with Gasteiger partial charge in [-0.05, 0) is 18.2 Å². The van der Waals surface area contributed by atoms with Crippen molar-refractivity contribution >= 4 is 5.91 Å². The molecule has 0 bridgehead atoms. The highest BCUT2D eigenvalue weighted by atomic mass is 16.5. The van der Waals surface area contributed by atoms with Gasteiger partial charge in [-0.25, -0.2) is 4.98 Å². The Morgan fingerprint density at radius 1 is 1.56 bits per heavy atom. The second-order valence-electron chi connectivity index (χ2n) is 3.64. The van der Waals surface area contributed by atoms with Crippen molar-refractivity contribution in [1.29, 1.82) is 0 Å². The predicted octanol–water partition coefficient (Wildman–Crippen LogP) is 1.05. The van der Waals surface area contributed by atoms with E-state index in [4.69, 9.17) is 4.74 Å². The molecule has 6 heteroatoms. The Balaban J connectivity index is 2.08. The molecule has 1 aromatic heterocycles. The van der Waals surface area contributed by atoms with Crippen LogP contribution in [0.5, 0.6) is 11.5 Å². The molecule has 0 aliphatic rings. The van der Waals surface area contributed by atoms with Crippen LogP contribution in [0.25, 0.3) is 0 Å². The molecule has 2 aromatic rings. The molecular weight excluding hydrogens is 234 g/mol. The summed E-state index contributed by atoms with van der Waals surface area (Å²) >= 11 is 0. The molecule has 0 unspecified atom stereocenters. The molecule has 0 aliphatic heterocycles. The second kappa shape index (κ2) is 5.22. The van der Waals surface area contributed by atoms with Crippen LogP contribution in [-0.2, 0) is 6.54 Å². The van der Waals surface area contributed by atoms with Gasteiger partial charge in [0.05, 0.1) is 31.2 Å². The van der Waals surface area contributed by atoms with Crippen molar-refractivity contribution in [2.24, 2.45) is 0 Å². The number of hydrogen-bond acceptors (Lipinski definition) is 4. The number of rotatable bonds is 4. The molecule has 0 radical (unpaired) electrons. The van der Waals surface area contributed by atoms with E-state index in [1.165, 1.54) is 25.6 Å². The third kappa shape index (κ3) is 2.60. The summed E-state index contributed by atoms with van der Waals surface area (Å²) in [4.78, 5) is 18.6. The minimum Gasteiger partial charge on any atom is -0.507 e. The van der Waals surface area contributed by atoms with Gasteiger partial charge in [0.25, 0.3) is 5.91 Å². The van der Waals surface area contributed by atoms with Crippen molar-refractivity contribution < 1.29 is 14.6 Å². The molecule has 0 saturated heterocycles. The molecule has 0 spiro atoms. The lowest BCUT2D eigenvalue weighted by Crippen LogP contribution is -2.23. The number of nitrogens with one attached hydrogen (secondary N) is 2. The minimum atomic E-state index is -0.374. The summed E-state index contributed by atoms with van der Waals surface area (Å²) in [5.74, 6) is 0.0541. The SMILES string of the molecule is COc1ccc(O)c(C(=O)NCc2cnc[nH]2)c1. The second-order valence-corrected chi connectivity index (χ2v) is 3.64. The van der Waals surface area contributed by atoms with E-state index in [1.54, 1.807) is 12.3 Å². The molecule has 3 N–H and O–H groups in total. The monoisotopic (exact) mass is 247 g/mol. The van der Waals surface area contributed by atoms with Crippen molar-refractivity contribution in [2.45, 2.75) is 6.54 Å². The number of H-pyrrole nitrogens is 1. The highest BCUT2D eigenvalue weighted by Gasteiger charge is 2.12. The van der Waals surface area contributed by atoms with E-state index in [0.29, 0.717) is 12.3 Å². The number of ether oxygens (including phenoxy) is 1. The number of nitrogens with zero attached hydrogens (tertiary/aromatic N) is 1. The van der Waals surface area contributed by atoms with Gasteiger partial charge in [0.1, 0.15) is 11.5 Å². The van der Waals surface area contributed by atoms with E-state index in [2.05, 4.69) is 15.3 Å². The van der Waals surface area contributed by atoms with Crippen LogP contribution in [0.3, 0.4) is 0 Å². The fourth-order valence-electron chi connectivity index (χ4n) is 1.48. The summed E-state index contributed by atoms with van der Waals surface area (Å²) < 4.78 is 5.00. The van der Waals surface area contributed by atoms with Gasteiger partial charge < -0.3 is 20.1 Å². The summed E-state index contributed by atoms with van der Waals surface area (Å²) in [6.07, 6.45) is 3.15. The first-order chi connectivity index (χ1) is 8.70. The number of carbonyl (C=O) groups is 1. The van der Waals surface area contributed by atoms with Crippen LogP contribution in [0.4, 0.5) is 0 Å². The zero-order valence-corrected chi connectivity index (χ0v) is 9.80. The van der Waals surface area contributed by atoms with Crippen molar-refractivity contribution in [3.63, 3.8) is 0 Å². The Labute approximate surface area is 104 Å². The average Bonchev–Trinajstić information content (AvgIpc) is 2.89. The summed E-state index contributed by atoms with van der Waals surface area (Å²) in [7, 11) is 1.50. The Hall–Kier alpha value is -2.50. The molecule has 94 valence electrons. The standard InChI is InChI=1S/C12H13N3O3/c1-18-9-2-3-11(16)10(4-9)12(17)14-6-8-5-13-7-15-8/h2-5,7,16H,6H2,1H3,(H,13,15)(H,14,17). The Kier molecular flexibility index (Phi) is 3.47. The lowest BCUT2D eigenvalue weighted by Gasteiger charge is -2.07. The predicted molar refractivity (Wildman–Crippen MR) is 64.4 cm³/mol. The molecular formula is C12H13N3O3. The number of carbonyl (C=O) groups excluding carboxylic acids is 1. The van der Waals surface area contributed by atoms with Gasteiger partial charge in [0.15, 0.2) is 0 Å². The van der Waals surface area contributed by atoms with Crippen molar-refractivity contribution in [1.82, 2.24) is 15.3 Å². The highest BCUT2D eigenvalue weighted by molar-refractivity contribution is 5.97. The van der Waals surface area contributed by atoms with Crippen molar-refractivity contribution in [3.8, 4) is 11.5 Å². The van der Waals surface area contributed by atoms with Crippen LogP contribution >= 0.6 is 0 Å². The maximum absolute atomic E-state index is 11.9. The molecule has 1 amide bonds. The van der Waals surface area contributed by atoms with E-state index in [1.807, 2.05) is 0 Å². The number of aromatic nitrogens is 2. The zero-order valence-electron chi connectivity index (χ0n) is 9.80. The maximum Gasteiger partial charge on any atom is 0.255 e. The fourth-order valence-corrected chi connectivity index (χ4v) is 1.48. The number of benzene rings is 1.